The van der Waals surface area contributed by atoms with Gasteiger partial charge in [0.05, 0.1) is 11.2 Å². The topological polar surface area (TPSA) is 51.0 Å². The van der Waals surface area contributed by atoms with Crippen LogP contribution in [0.2, 0.25) is 0 Å². The van der Waals surface area contributed by atoms with Gasteiger partial charge in [-0.2, -0.15) is 0 Å². The second-order valence-corrected chi connectivity index (χ2v) is 6.67. The summed E-state index contributed by atoms with van der Waals surface area (Å²) in [4.78, 5) is 23.6. The minimum atomic E-state index is 0.0867. The number of aryl methyl sites for hydroxylation is 2. The third-order valence-corrected chi connectivity index (χ3v) is 5.11. The monoisotopic (exact) mass is 304 g/mol. The second-order valence-electron chi connectivity index (χ2n) is 5.56. The Morgan fingerprint density at radius 1 is 1.52 bits per heavy atom. The molecule has 21 heavy (non-hydrogen) atoms. The first kappa shape index (κ1) is 14.3. The number of rotatable bonds is 4. The predicted octanol–water partition coefficient (Wildman–Crippen LogP) is 2.24. The van der Waals surface area contributed by atoms with Crippen LogP contribution in [-0.4, -0.2) is 38.9 Å². The van der Waals surface area contributed by atoms with Gasteiger partial charge in [0, 0.05) is 39.0 Å². The molecule has 3 heterocycles. The maximum Gasteiger partial charge on any atom is 0.265 e. The highest BCUT2D eigenvalue weighted by molar-refractivity contribution is 7.13. The van der Waals surface area contributed by atoms with Gasteiger partial charge < -0.3 is 9.47 Å². The van der Waals surface area contributed by atoms with Gasteiger partial charge in [-0.3, -0.25) is 4.79 Å². The Morgan fingerprint density at radius 2 is 2.38 bits per heavy atom. The fourth-order valence-corrected chi connectivity index (χ4v) is 3.67. The average Bonchev–Trinajstić information content (AvgIpc) is 3.14. The first-order valence-corrected chi connectivity index (χ1v) is 8.19. The lowest BCUT2D eigenvalue weighted by Crippen LogP contribution is -2.35. The maximum atomic E-state index is 12.4. The van der Waals surface area contributed by atoms with Crippen LogP contribution < -0.4 is 0 Å². The van der Waals surface area contributed by atoms with Gasteiger partial charge in [-0.25, -0.2) is 9.97 Å². The third kappa shape index (κ3) is 3.00. The smallest absolute Gasteiger partial charge is 0.265 e. The van der Waals surface area contributed by atoms with Crippen molar-refractivity contribution in [1.82, 2.24) is 19.4 Å². The Morgan fingerprint density at radius 3 is 3.14 bits per heavy atom. The molecule has 112 valence electrons. The number of thiazole rings is 1. The standard InChI is InChI=1S/C15H20N4OS/c1-3-14-17-8-12(21-14)15(20)18(2)9-11-4-5-13-16-6-7-19(13)10-11/h6-8,11H,3-5,9-10H2,1-2H3/t11-/m1/s1. The van der Waals surface area contributed by atoms with Gasteiger partial charge in [0.25, 0.3) is 5.91 Å². The molecule has 0 saturated carbocycles. The first-order chi connectivity index (χ1) is 10.2. The lowest BCUT2D eigenvalue weighted by Gasteiger charge is -2.27. The predicted molar refractivity (Wildman–Crippen MR) is 82.5 cm³/mol. The van der Waals surface area contributed by atoms with Crippen LogP contribution in [0.5, 0.6) is 0 Å². The van der Waals surface area contributed by atoms with Gasteiger partial charge in [-0.05, 0) is 18.8 Å². The van der Waals surface area contributed by atoms with Crippen molar-refractivity contribution in [3.8, 4) is 0 Å². The first-order valence-electron chi connectivity index (χ1n) is 7.37. The Kier molecular flexibility index (Phi) is 4.05. The normalized spacial score (nSPS) is 17.5. The molecule has 0 bridgehead atoms. The van der Waals surface area contributed by atoms with E-state index in [4.69, 9.17) is 0 Å². The summed E-state index contributed by atoms with van der Waals surface area (Å²) in [7, 11) is 1.89. The molecule has 1 amide bonds. The van der Waals surface area contributed by atoms with Crippen LogP contribution in [0.25, 0.3) is 0 Å². The number of imidazole rings is 1. The number of fused-ring (bicyclic) bond motifs is 1. The Bertz CT molecular complexity index is 633. The Labute approximate surface area is 128 Å². The van der Waals surface area contributed by atoms with Crippen LogP contribution in [0.15, 0.2) is 18.6 Å². The summed E-state index contributed by atoms with van der Waals surface area (Å²) in [5.74, 6) is 1.75. The number of aromatic nitrogens is 3. The van der Waals surface area contributed by atoms with E-state index in [0.717, 1.165) is 48.1 Å². The van der Waals surface area contributed by atoms with Gasteiger partial charge in [0.15, 0.2) is 0 Å². The van der Waals surface area contributed by atoms with E-state index in [1.54, 1.807) is 6.20 Å². The molecular formula is C15H20N4OS. The molecule has 0 spiro atoms. The van der Waals surface area contributed by atoms with Crippen LogP contribution in [0, 0.1) is 5.92 Å². The summed E-state index contributed by atoms with van der Waals surface area (Å²) in [5, 5.41) is 1.02. The van der Waals surface area contributed by atoms with Crippen molar-refractivity contribution in [2.75, 3.05) is 13.6 Å². The molecule has 2 aromatic heterocycles. The van der Waals surface area contributed by atoms with E-state index < -0.39 is 0 Å². The van der Waals surface area contributed by atoms with E-state index >= 15 is 0 Å². The molecule has 0 saturated heterocycles. The van der Waals surface area contributed by atoms with Crippen LogP contribution in [0.4, 0.5) is 0 Å². The van der Waals surface area contributed by atoms with Gasteiger partial charge in [-0.15, -0.1) is 11.3 Å². The van der Waals surface area contributed by atoms with Crippen molar-refractivity contribution in [3.63, 3.8) is 0 Å². The number of amides is 1. The van der Waals surface area contributed by atoms with E-state index in [-0.39, 0.29) is 5.91 Å². The highest BCUT2D eigenvalue weighted by atomic mass is 32.1. The molecule has 0 aliphatic carbocycles. The van der Waals surface area contributed by atoms with Gasteiger partial charge in [0.1, 0.15) is 10.7 Å². The van der Waals surface area contributed by atoms with E-state index in [1.165, 1.54) is 11.3 Å². The fourth-order valence-electron chi connectivity index (χ4n) is 2.82. The Hall–Kier alpha value is -1.69. The summed E-state index contributed by atoms with van der Waals surface area (Å²) in [6.07, 6.45) is 8.57. The molecule has 2 aromatic rings. The Balaban J connectivity index is 1.61. The lowest BCUT2D eigenvalue weighted by atomic mass is 9.99. The molecular weight excluding hydrogens is 284 g/mol. The molecule has 0 fully saturated rings. The molecule has 1 aliphatic rings. The van der Waals surface area contributed by atoms with Gasteiger partial charge in [0.2, 0.25) is 0 Å². The van der Waals surface area contributed by atoms with Gasteiger partial charge in [-0.1, -0.05) is 6.92 Å². The summed E-state index contributed by atoms with van der Waals surface area (Å²) >= 11 is 1.50. The van der Waals surface area contributed by atoms with Crippen molar-refractivity contribution in [2.24, 2.45) is 5.92 Å². The average molecular weight is 304 g/mol. The SMILES string of the molecule is CCc1ncc(C(=O)N(C)C[C@H]2CCc3nccn3C2)s1. The van der Waals surface area contributed by atoms with Crippen LogP contribution in [0.1, 0.15) is 33.8 Å². The zero-order valence-corrected chi connectivity index (χ0v) is 13.3. The largest absolute Gasteiger partial charge is 0.341 e. The van der Waals surface area contributed by atoms with Gasteiger partial charge >= 0.3 is 0 Å². The minimum absolute atomic E-state index is 0.0867. The number of hydrogen-bond donors (Lipinski definition) is 0. The second kappa shape index (κ2) is 5.97. The third-order valence-electron chi connectivity index (χ3n) is 3.98. The summed E-state index contributed by atoms with van der Waals surface area (Å²) < 4.78 is 2.20. The fraction of sp³-hybridized carbons (Fsp3) is 0.533. The highest BCUT2D eigenvalue weighted by Crippen LogP contribution is 2.21. The molecule has 1 atom stereocenters. The molecule has 0 radical (unpaired) electrons. The molecule has 1 aliphatic heterocycles. The van der Waals surface area contributed by atoms with Crippen molar-refractivity contribution < 1.29 is 4.79 Å². The summed E-state index contributed by atoms with van der Waals surface area (Å²) in [6, 6.07) is 0. The number of nitrogens with zero attached hydrogens (tertiary/aromatic N) is 4. The van der Waals surface area contributed by atoms with Crippen LogP contribution in [0.3, 0.4) is 0 Å². The van der Waals surface area contributed by atoms with Crippen molar-refractivity contribution in [3.05, 3.63) is 34.3 Å². The minimum Gasteiger partial charge on any atom is -0.341 e. The van der Waals surface area contributed by atoms with Crippen LogP contribution in [-0.2, 0) is 19.4 Å². The summed E-state index contributed by atoms with van der Waals surface area (Å²) in [6.45, 7) is 3.80. The van der Waals surface area contributed by atoms with E-state index in [9.17, 15) is 4.79 Å². The number of carbonyl (C=O) groups excluding carboxylic acids is 1. The molecule has 0 aromatic carbocycles. The lowest BCUT2D eigenvalue weighted by molar-refractivity contribution is 0.0765. The number of hydrogen-bond acceptors (Lipinski definition) is 4. The van der Waals surface area contributed by atoms with E-state index in [1.807, 2.05) is 24.3 Å². The zero-order chi connectivity index (χ0) is 14.8. The number of carbonyl (C=O) groups is 1. The highest BCUT2D eigenvalue weighted by Gasteiger charge is 2.23. The molecule has 0 unspecified atom stereocenters. The molecule has 6 heteroatoms. The van der Waals surface area contributed by atoms with Crippen molar-refractivity contribution in [2.45, 2.75) is 32.7 Å². The molecule has 3 rings (SSSR count). The quantitative estimate of drug-likeness (QED) is 0.870. The zero-order valence-electron chi connectivity index (χ0n) is 12.5. The van der Waals surface area contributed by atoms with Crippen molar-refractivity contribution in [1.29, 1.82) is 0 Å². The molecule has 0 N–H and O–H groups in total. The summed E-state index contributed by atoms with van der Waals surface area (Å²) in [5.41, 5.74) is 0. The van der Waals surface area contributed by atoms with E-state index in [2.05, 4.69) is 21.5 Å². The van der Waals surface area contributed by atoms with E-state index in [0.29, 0.717) is 5.92 Å². The van der Waals surface area contributed by atoms with Crippen molar-refractivity contribution >= 4 is 17.2 Å². The molecule has 5 nitrogen and oxygen atoms in total. The maximum absolute atomic E-state index is 12.4. The van der Waals surface area contributed by atoms with Crippen LogP contribution >= 0.6 is 11.3 Å².